The minimum atomic E-state index is -0.0538. The quantitative estimate of drug-likeness (QED) is 0.742. The molecule has 0 N–H and O–H groups in total. The number of hydrogen-bond acceptors (Lipinski definition) is 6. The van der Waals surface area contributed by atoms with Crippen molar-refractivity contribution in [3.63, 3.8) is 0 Å². The third-order valence-electron chi connectivity index (χ3n) is 5.75. The number of rotatable bonds is 4. The van der Waals surface area contributed by atoms with Crippen molar-refractivity contribution in [2.24, 2.45) is 0 Å². The fourth-order valence-electron chi connectivity index (χ4n) is 4.09. The van der Waals surface area contributed by atoms with Gasteiger partial charge in [0.25, 0.3) is 5.91 Å². The molecule has 0 radical (unpaired) electrons. The number of carbonyl (C=O) groups excluding carboxylic acids is 1. The predicted octanol–water partition coefficient (Wildman–Crippen LogP) is 3.40. The number of nitrogens with zero attached hydrogens (tertiary/aromatic N) is 5. The molecule has 0 aliphatic carbocycles. The summed E-state index contributed by atoms with van der Waals surface area (Å²) in [5.41, 5.74) is 1.48. The molecule has 160 valence electrons. The Morgan fingerprint density at radius 1 is 0.967 bits per heavy atom. The molecular weight excluding hydrogens is 402 g/mol. The summed E-state index contributed by atoms with van der Waals surface area (Å²) in [4.78, 5) is 28.9. The first-order valence-electron chi connectivity index (χ1n) is 10.5. The lowest BCUT2D eigenvalue weighted by atomic mass is 10.1. The molecule has 0 atom stereocenters. The van der Waals surface area contributed by atoms with Gasteiger partial charge in [-0.1, -0.05) is 11.6 Å². The molecule has 4 rings (SSSR count). The lowest BCUT2D eigenvalue weighted by Gasteiger charge is -2.36. The van der Waals surface area contributed by atoms with Crippen molar-refractivity contribution in [2.75, 3.05) is 56.2 Å². The van der Waals surface area contributed by atoms with Crippen molar-refractivity contribution in [1.29, 1.82) is 0 Å². The average molecular weight is 430 g/mol. The van der Waals surface area contributed by atoms with Crippen LogP contribution in [0.2, 0.25) is 5.02 Å². The zero-order valence-electron chi connectivity index (χ0n) is 17.6. The zero-order valence-corrected chi connectivity index (χ0v) is 18.4. The normalized spacial score (nSPS) is 17.2. The highest BCUT2D eigenvalue weighted by atomic mass is 35.5. The average Bonchev–Trinajstić information content (AvgIpc) is 2.79. The van der Waals surface area contributed by atoms with E-state index in [1.807, 2.05) is 17.9 Å². The molecule has 0 bridgehead atoms. The standard InChI is InChI=1S/C22H28ClN5O2/c1-16-14-20(25-22(24-16)28-8-4-3-5-9-28)26-10-12-27(13-11-26)21(29)18-15-17(23)6-7-19(18)30-2/h6-7,14-15H,3-5,8-13H2,1-2H3. The minimum Gasteiger partial charge on any atom is -0.496 e. The summed E-state index contributed by atoms with van der Waals surface area (Å²) >= 11 is 6.10. The van der Waals surface area contributed by atoms with Crippen LogP contribution < -0.4 is 14.5 Å². The van der Waals surface area contributed by atoms with Gasteiger partial charge in [-0.2, -0.15) is 4.98 Å². The van der Waals surface area contributed by atoms with Crippen LogP contribution in [-0.2, 0) is 0 Å². The number of halogens is 1. The molecule has 2 aliphatic rings. The van der Waals surface area contributed by atoms with Gasteiger partial charge in [0.1, 0.15) is 11.6 Å². The molecule has 1 aromatic carbocycles. The molecule has 0 unspecified atom stereocenters. The summed E-state index contributed by atoms with van der Waals surface area (Å²) in [5.74, 6) is 2.26. The maximum Gasteiger partial charge on any atom is 0.257 e. The third-order valence-corrected chi connectivity index (χ3v) is 5.99. The number of carbonyl (C=O) groups is 1. The van der Waals surface area contributed by atoms with Crippen LogP contribution in [0.5, 0.6) is 5.75 Å². The third kappa shape index (κ3) is 4.46. The first-order chi connectivity index (χ1) is 14.5. The number of ether oxygens (including phenoxy) is 1. The van der Waals surface area contributed by atoms with E-state index in [2.05, 4.69) is 14.8 Å². The van der Waals surface area contributed by atoms with E-state index in [0.29, 0.717) is 29.4 Å². The summed E-state index contributed by atoms with van der Waals surface area (Å²) in [6, 6.07) is 7.17. The summed E-state index contributed by atoms with van der Waals surface area (Å²) in [5, 5.41) is 0.527. The topological polar surface area (TPSA) is 61.8 Å². The van der Waals surface area contributed by atoms with Crippen LogP contribution in [0.3, 0.4) is 0 Å². The molecule has 7 nitrogen and oxygen atoms in total. The summed E-state index contributed by atoms with van der Waals surface area (Å²) in [6.45, 7) is 6.76. The molecule has 8 heteroatoms. The van der Waals surface area contributed by atoms with E-state index in [4.69, 9.17) is 21.3 Å². The number of amides is 1. The zero-order chi connectivity index (χ0) is 21.1. The van der Waals surface area contributed by atoms with Gasteiger partial charge in [-0.05, 0) is 44.4 Å². The van der Waals surface area contributed by atoms with Crippen molar-refractivity contribution in [3.8, 4) is 5.75 Å². The SMILES string of the molecule is COc1ccc(Cl)cc1C(=O)N1CCN(c2cc(C)nc(N3CCCCC3)n2)CC1. The van der Waals surface area contributed by atoms with Crippen LogP contribution in [0.4, 0.5) is 11.8 Å². The van der Waals surface area contributed by atoms with Gasteiger partial charge in [-0.25, -0.2) is 4.98 Å². The van der Waals surface area contributed by atoms with E-state index in [1.54, 1.807) is 25.3 Å². The lowest BCUT2D eigenvalue weighted by Crippen LogP contribution is -2.49. The maximum atomic E-state index is 13.0. The van der Waals surface area contributed by atoms with Gasteiger partial charge in [0, 0.05) is 56.1 Å². The monoisotopic (exact) mass is 429 g/mol. The van der Waals surface area contributed by atoms with Crippen LogP contribution >= 0.6 is 11.6 Å². The number of methoxy groups -OCH3 is 1. The summed E-state index contributed by atoms with van der Waals surface area (Å²) in [7, 11) is 1.56. The second-order valence-electron chi connectivity index (χ2n) is 7.84. The van der Waals surface area contributed by atoms with Crippen LogP contribution in [-0.4, -0.2) is 67.2 Å². The molecule has 2 aliphatic heterocycles. The van der Waals surface area contributed by atoms with Gasteiger partial charge in [-0.3, -0.25) is 4.79 Å². The second kappa shape index (κ2) is 9.08. The van der Waals surface area contributed by atoms with E-state index >= 15 is 0 Å². The molecule has 0 spiro atoms. The van der Waals surface area contributed by atoms with Crippen molar-refractivity contribution in [2.45, 2.75) is 26.2 Å². The van der Waals surface area contributed by atoms with Gasteiger partial charge in [0.15, 0.2) is 0 Å². The van der Waals surface area contributed by atoms with E-state index in [9.17, 15) is 4.79 Å². The van der Waals surface area contributed by atoms with Gasteiger partial charge in [0.2, 0.25) is 5.95 Å². The Hall–Kier alpha value is -2.54. The van der Waals surface area contributed by atoms with E-state index in [1.165, 1.54) is 19.3 Å². The Balaban J connectivity index is 1.45. The number of benzene rings is 1. The number of piperazine rings is 1. The largest absolute Gasteiger partial charge is 0.496 e. The summed E-state index contributed by atoms with van der Waals surface area (Å²) < 4.78 is 5.35. The molecule has 0 saturated carbocycles. The van der Waals surface area contributed by atoms with Crippen LogP contribution in [0.1, 0.15) is 35.3 Å². The Morgan fingerprint density at radius 2 is 1.70 bits per heavy atom. The fourth-order valence-corrected chi connectivity index (χ4v) is 4.26. The molecule has 2 fully saturated rings. The second-order valence-corrected chi connectivity index (χ2v) is 8.28. The first-order valence-corrected chi connectivity index (χ1v) is 10.9. The molecule has 1 aromatic heterocycles. The van der Waals surface area contributed by atoms with Crippen molar-refractivity contribution >= 4 is 29.3 Å². The van der Waals surface area contributed by atoms with Crippen LogP contribution in [0.15, 0.2) is 24.3 Å². The number of hydrogen-bond donors (Lipinski definition) is 0. The van der Waals surface area contributed by atoms with Crippen molar-refractivity contribution in [1.82, 2.24) is 14.9 Å². The van der Waals surface area contributed by atoms with Crippen LogP contribution in [0.25, 0.3) is 0 Å². The Bertz CT molecular complexity index is 908. The number of aryl methyl sites for hydroxylation is 1. The maximum absolute atomic E-state index is 13.0. The Morgan fingerprint density at radius 3 is 2.40 bits per heavy atom. The van der Waals surface area contributed by atoms with Gasteiger partial charge < -0.3 is 19.4 Å². The van der Waals surface area contributed by atoms with Crippen molar-refractivity contribution in [3.05, 3.63) is 40.5 Å². The first kappa shape index (κ1) is 20.7. The number of piperidine rings is 1. The number of aromatic nitrogens is 2. The van der Waals surface area contributed by atoms with Crippen LogP contribution in [0, 0.1) is 6.92 Å². The fraction of sp³-hybridized carbons (Fsp3) is 0.500. The minimum absolute atomic E-state index is 0.0538. The van der Waals surface area contributed by atoms with E-state index in [0.717, 1.165) is 43.6 Å². The Labute approximate surface area is 182 Å². The molecule has 3 heterocycles. The lowest BCUT2D eigenvalue weighted by molar-refractivity contribution is 0.0743. The molecule has 2 aromatic rings. The van der Waals surface area contributed by atoms with E-state index < -0.39 is 0 Å². The van der Waals surface area contributed by atoms with Gasteiger partial charge in [-0.15, -0.1) is 0 Å². The molecule has 2 saturated heterocycles. The highest BCUT2D eigenvalue weighted by Gasteiger charge is 2.26. The van der Waals surface area contributed by atoms with Gasteiger partial charge >= 0.3 is 0 Å². The van der Waals surface area contributed by atoms with Gasteiger partial charge in [0.05, 0.1) is 12.7 Å². The van der Waals surface area contributed by atoms with E-state index in [-0.39, 0.29) is 5.91 Å². The molecule has 30 heavy (non-hydrogen) atoms. The van der Waals surface area contributed by atoms with Crippen molar-refractivity contribution < 1.29 is 9.53 Å². The molecular formula is C22H28ClN5O2. The highest BCUT2D eigenvalue weighted by molar-refractivity contribution is 6.31. The molecule has 1 amide bonds. The smallest absolute Gasteiger partial charge is 0.257 e. The number of anilines is 2. The Kier molecular flexibility index (Phi) is 6.27. The summed E-state index contributed by atoms with van der Waals surface area (Å²) in [6.07, 6.45) is 3.67. The predicted molar refractivity (Wildman–Crippen MR) is 119 cm³/mol. The highest BCUT2D eigenvalue weighted by Crippen LogP contribution is 2.26.